The van der Waals surface area contributed by atoms with Crippen molar-refractivity contribution in [2.45, 2.75) is 0 Å². The van der Waals surface area contributed by atoms with Gasteiger partial charge in [-0.2, -0.15) is 0 Å². The van der Waals surface area contributed by atoms with Gasteiger partial charge in [-0.15, -0.1) is 0 Å². The Bertz CT molecular complexity index is 926. The van der Waals surface area contributed by atoms with Crippen LogP contribution < -0.4 is 14.8 Å². The average molecular weight is 368 g/mol. The number of amides is 1. The highest BCUT2D eigenvalue weighted by molar-refractivity contribution is 6.32. The Balaban J connectivity index is 1.96. The number of rotatable bonds is 5. The van der Waals surface area contributed by atoms with E-state index in [-0.39, 0.29) is 5.91 Å². The Hall–Kier alpha value is -2.98. The van der Waals surface area contributed by atoms with E-state index >= 15 is 0 Å². The van der Waals surface area contributed by atoms with Gasteiger partial charge in [0.05, 0.1) is 24.9 Å². The normalized spacial score (nSPS) is 10.3. The lowest BCUT2D eigenvalue weighted by atomic mass is 9.99. The molecule has 0 saturated carbocycles. The number of hydrogen-bond acceptors (Lipinski definition) is 3. The first-order chi connectivity index (χ1) is 12.6. The summed E-state index contributed by atoms with van der Waals surface area (Å²) in [5, 5.41) is 3.26. The number of carbonyl (C=O) groups is 1. The summed E-state index contributed by atoms with van der Waals surface area (Å²) in [7, 11) is 3.05. The van der Waals surface area contributed by atoms with Gasteiger partial charge in [0.25, 0.3) is 5.91 Å². The van der Waals surface area contributed by atoms with Crippen molar-refractivity contribution in [3.05, 3.63) is 77.3 Å². The van der Waals surface area contributed by atoms with Crippen LogP contribution in [0.2, 0.25) is 5.02 Å². The van der Waals surface area contributed by atoms with Crippen molar-refractivity contribution in [3.8, 4) is 22.6 Å². The van der Waals surface area contributed by atoms with E-state index in [1.165, 1.54) is 14.2 Å². The quantitative estimate of drug-likeness (QED) is 0.667. The summed E-state index contributed by atoms with van der Waals surface area (Å²) >= 11 is 6.18. The molecule has 1 N–H and O–H groups in total. The predicted molar refractivity (Wildman–Crippen MR) is 104 cm³/mol. The third-order valence-electron chi connectivity index (χ3n) is 3.98. The van der Waals surface area contributed by atoms with Crippen LogP contribution in [0.3, 0.4) is 0 Å². The van der Waals surface area contributed by atoms with Gasteiger partial charge in [0, 0.05) is 11.6 Å². The van der Waals surface area contributed by atoms with E-state index in [9.17, 15) is 4.79 Å². The largest absolute Gasteiger partial charge is 0.495 e. The lowest BCUT2D eigenvalue weighted by Gasteiger charge is -2.14. The molecule has 26 heavy (non-hydrogen) atoms. The summed E-state index contributed by atoms with van der Waals surface area (Å²) in [5.41, 5.74) is 2.86. The van der Waals surface area contributed by atoms with E-state index in [0.717, 1.165) is 11.1 Å². The Morgan fingerprint density at radius 2 is 1.54 bits per heavy atom. The SMILES string of the molecule is COc1cc(OC)c(NC(=O)c2ccccc2-c2ccccc2)cc1Cl. The smallest absolute Gasteiger partial charge is 0.256 e. The molecular weight excluding hydrogens is 350 g/mol. The minimum Gasteiger partial charge on any atom is -0.495 e. The Kier molecular flexibility index (Phi) is 5.44. The molecule has 0 atom stereocenters. The molecule has 0 aliphatic carbocycles. The van der Waals surface area contributed by atoms with Crippen molar-refractivity contribution in [2.75, 3.05) is 19.5 Å². The average Bonchev–Trinajstić information content (AvgIpc) is 2.69. The highest BCUT2D eigenvalue weighted by atomic mass is 35.5. The van der Waals surface area contributed by atoms with Crippen LogP contribution in [0.25, 0.3) is 11.1 Å². The molecule has 3 rings (SSSR count). The molecule has 3 aromatic carbocycles. The monoisotopic (exact) mass is 367 g/mol. The van der Waals surface area contributed by atoms with Crippen molar-refractivity contribution in [2.24, 2.45) is 0 Å². The van der Waals surface area contributed by atoms with Crippen LogP contribution in [-0.4, -0.2) is 20.1 Å². The van der Waals surface area contributed by atoms with Crippen molar-refractivity contribution >= 4 is 23.2 Å². The number of halogens is 1. The molecule has 1 amide bonds. The molecule has 132 valence electrons. The molecule has 0 heterocycles. The van der Waals surface area contributed by atoms with E-state index in [1.807, 2.05) is 48.5 Å². The molecule has 0 aliphatic heterocycles. The molecule has 0 spiro atoms. The topological polar surface area (TPSA) is 47.6 Å². The van der Waals surface area contributed by atoms with Crippen molar-refractivity contribution < 1.29 is 14.3 Å². The Morgan fingerprint density at radius 3 is 2.23 bits per heavy atom. The summed E-state index contributed by atoms with van der Waals surface area (Å²) in [6.45, 7) is 0. The van der Waals surface area contributed by atoms with E-state index < -0.39 is 0 Å². The number of anilines is 1. The van der Waals surface area contributed by atoms with E-state index in [4.69, 9.17) is 21.1 Å². The maximum Gasteiger partial charge on any atom is 0.256 e. The highest BCUT2D eigenvalue weighted by Crippen LogP contribution is 2.36. The van der Waals surface area contributed by atoms with E-state index in [1.54, 1.807) is 18.2 Å². The fourth-order valence-electron chi connectivity index (χ4n) is 2.70. The Morgan fingerprint density at radius 1 is 0.885 bits per heavy atom. The van der Waals surface area contributed by atoms with Crippen molar-refractivity contribution in [1.82, 2.24) is 0 Å². The number of carbonyl (C=O) groups excluding carboxylic acids is 1. The van der Waals surface area contributed by atoms with Crippen LogP contribution in [0.5, 0.6) is 11.5 Å². The van der Waals surface area contributed by atoms with Gasteiger partial charge in [0.2, 0.25) is 0 Å². The second-order valence-electron chi connectivity index (χ2n) is 5.55. The lowest BCUT2D eigenvalue weighted by Crippen LogP contribution is -2.14. The van der Waals surface area contributed by atoms with Gasteiger partial charge in [-0.05, 0) is 23.3 Å². The second kappa shape index (κ2) is 7.93. The van der Waals surface area contributed by atoms with Crippen LogP contribution >= 0.6 is 11.6 Å². The van der Waals surface area contributed by atoms with Crippen LogP contribution in [0.15, 0.2) is 66.7 Å². The summed E-state index contributed by atoms with van der Waals surface area (Å²) in [6, 6.07) is 20.5. The summed E-state index contributed by atoms with van der Waals surface area (Å²) in [5.74, 6) is 0.701. The molecule has 0 aromatic heterocycles. The van der Waals surface area contributed by atoms with Gasteiger partial charge in [0.1, 0.15) is 11.5 Å². The maximum atomic E-state index is 12.9. The molecule has 0 bridgehead atoms. The van der Waals surface area contributed by atoms with E-state index in [0.29, 0.717) is 27.8 Å². The number of nitrogens with one attached hydrogen (secondary N) is 1. The molecule has 0 radical (unpaired) electrons. The van der Waals surface area contributed by atoms with Gasteiger partial charge in [0.15, 0.2) is 0 Å². The van der Waals surface area contributed by atoms with Gasteiger partial charge in [-0.3, -0.25) is 4.79 Å². The summed E-state index contributed by atoms with van der Waals surface area (Å²) in [6.07, 6.45) is 0. The zero-order valence-corrected chi connectivity index (χ0v) is 15.2. The van der Waals surface area contributed by atoms with Crippen LogP contribution in [0, 0.1) is 0 Å². The minimum atomic E-state index is -0.246. The van der Waals surface area contributed by atoms with Crippen LogP contribution in [0.1, 0.15) is 10.4 Å². The molecule has 0 aliphatic rings. The van der Waals surface area contributed by atoms with Crippen molar-refractivity contribution in [1.29, 1.82) is 0 Å². The lowest BCUT2D eigenvalue weighted by molar-refractivity contribution is 0.102. The molecule has 0 saturated heterocycles. The molecule has 3 aromatic rings. The first kappa shape index (κ1) is 17.8. The summed E-state index contributed by atoms with van der Waals surface area (Å²) in [4.78, 5) is 12.9. The molecular formula is C21H18ClNO3. The van der Waals surface area contributed by atoms with Crippen molar-refractivity contribution in [3.63, 3.8) is 0 Å². The van der Waals surface area contributed by atoms with Gasteiger partial charge < -0.3 is 14.8 Å². The van der Waals surface area contributed by atoms with Crippen LogP contribution in [-0.2, 0) is 0 Å². The maximum absolute atomic E-state index is 12.9. The number of methoxy groups -OCH3 is 2. The second-order valence-corrected chi connectivity index (χ2v) is 5.96. The fourth-order valence-corrected chi connectivity index (χ4v) is 2.94. The summed E-state index contributed by atoms with van der Waals surface area (Å²) < 4.78 is 10.5. The Labute approximate surface area is 157 Å². The standard InChI is InChI=1S/C21H18ClNO3/c1-25-19-13-20(26-2)18(12-17(19)22)23-21(24)16-11-7-6-10-15(16)14-8-4-3-5-9-14/h3-13H,1-2H3,(H,23,24). The van der Waals surface area contributed by atoms with Gasteiger partial charge in [-0.25, -0.2) is 0 Å². The predicted octanol–water partition coefficient (Wildman–Crippen LogP) is 5.28. The number of benzene rings is 3. The minimum absolute atomic E-state index is 0.246. The first-order valence-corrected chi connectivity index (χ1v) is 8.39. The fraction of sp³-hybridized carbons (Fsp3) is 0.0952. The third-order valence-corrected chi connectivity index (χ3v) is 4.27. The highest BCUT2D eigenvalue weighted by Gasteiger charge is 2.16. The first-order valence-electron chi connectivity index (χ1n) is 8.01. The number of hydrogen-bond donors (Lipinski definition) is 1. The number of ether oxygens (including phenoxy) is 2. The zero-order valence-electron chi connectivity index (χ0n) is 14.5. The van der Waals surface area contributed by atoms with E-state index in [2.05, 4.69) is 5.32 Å². The molecule has 4 nitrogen and oxygen atoms in total. The van der Waals surface area contributed by atoms with Crippen LogP contribution in [0.4, 0.5) is 5.69 Å². The zero-order chi connectivity index (χ0) is 18.5. The molecule has 0 unspecified atom stereocenters. The van der Waals surface area contributed by atoms with Gasteiger partial charge in [-0.1, -0.05) is 60.1 Å². The molecule has 0 fully saturated rings. The molecule has 5 heteroatoms. The third kappa shape index (κ3) is 3.65. The van der Waals surface area contributed by atoms with Gasteiger partial charge >= 0.3 is 0 Å².